The summed E-state index contributed by atoms with van der Waals surface area (Å²) in [6, 6.07) is 7.23. The molecule has 6 rings (SSSR count). The lowest BCUT2D eigenvalue weighted by atomic mass is 10.1. The standard InChI is InChI=1S/C30H43ClN8O5Si2/c1-16(2)45(17(3)4)41-14-23-26(43-46(44-45,18(5)6)19(7)8)25(40)30(42-23)39-28(35-24-27(32)33-15-34-29(24)39)22-13-38(37-36-22)21-11-9-20(31)10-12-21/h9-13,15-19,23,25-26,30,40H,14H2,1-8H3,(H2,32,33,34)/t23-,25-,26-,30-/m1/s1. The van der Waals surface area contributed by atoms with Crippen molar-refractivity contribution in [2.75, 3.05) is 12.3 Å². The molecule has 4 atom stereocenters. The van der Waals surface area contributed by atoms with Crippen molar-refractivity contribution in [2.45, 2.75) is 102 Å². The van der Waals surface area contributed by atoms with E-state index < -0.39 is 41.7 Å². The Bertz CT molecular complexity index is 1680. The second-order valence-electron chi connectivity index (χ2n) is 13.4. The van der Waals surface area contributed by atoms with E-state index in [9.17, 15) is 5.11 Å². The van der Waals surface area contributed by atoms with Gasteiger partial charge in [-0.3, -0.25) is 4.57 Å². The number of nitrogen functional groups attached to an aromatic ring is 1. The highest BCUT2D eigenvalue weighted by Gasteiger charge is 2.62. The fourth-order valence-electron chi connectivity index (χ4n) is 6.78. The van der Waals surface area contributed by atoms with Crippen LogP contribution in [-0.2, 0) is 17.7 Å². The van der Waals surface area contributed by atoms with Gasteiger partial charge in [0.2, 0.25) is 0 Å². The molecule has 0 amide bonds. The second-order valence-corrected chi connectivity index (χ2v) is 22.7. The summed E-state index contributed by atoms with van der Waals surface area (Å²) < 4.78 is 31.4. The van der Waals surface area contributed by atoms with Gasteiger partial charge in [-0.1, -0.05) is 72.2 Å². The molecule has 0 aliphatic carbocycles. The zero-order chi connectivity index (χ0) is 33.1. The van der Waals surface area contributed by atoms with Crippen molar-refractivity contribution in [2.24, 2.45) is 0 Å². The number of nitrogens with two attached hydrogens (primary N) is 1. The summed E-state index contributed by atoms with van der Waals surface area (Å²) >= 11 is 6.09. The molecule has 4 aromatic rings. The monoisotopic (exact) mass is 686 g/mol. The van der Waals surface area contributed by atoms with Gasteiger partial charge < -0.3 is 28.5 Å². The summed E-state index contributed by atoms with van der Waals surface area (Å²) in [7, 11) is -5.82. The smallest absolute Gasteiger partial charge is 0.335 e. The number of anilines is 1. The number of rotatable bonds is 7. The second kappa shape index (κ2) is 12.4. The van der Waals surface area contributed by atoms with Crippen molar-refractivity contribution < 1.29 is 22.8 Å². The molecule has 248 valence electrons. The van der Waals surface area contributed by atoms with E-state index in [1.807, 2.05) is 12.1 Å². The predicted octanol–water partition coefficient (Wildman–Crippen LogP) is 5.52. The van der Waals surface area contributed by atoms with Gasteiger partial charge in [-0.05, 0) is 46.4 Å². The van der Waals surface area contributed by atoms with E-state index in [1.165, 1.54) is 6.33 Å². The zero-order valence-electron chi connectivity index (χ0n) is 27.5. The van der Waals surface area contributed by atoms with Gasteiger partial charge in [0.25, 0.3) is 0 Å². The van der Waals surface area contributed by atoms with Crippen LogP contribution in [0.5, 0.6) is 0 Å². The summed E-state index contributed by atoms with van der Waals surface area (Å²) in [5.74, 6) is 0.555. The van der Waals surface area contributed by atoms with Crippen molar-refractivity contribution in [3.8, 4) is 17.2 Å². The van der Waals surface area contributed by atoms with Gasteiger partial charge in [-0.2, -0.15) is 0 Å². The first-order valence-corrected chi connectivity index (χ1v) is 20.1. The molecule has 13 nitrogen and oxygen atoms in total. The van der Waals surface area contributed by atoms with Crippen LogP contribution in [0.4, 0.5) is 5.82 Å². The van der Waals surface area contributed by atoms with E-state index in [-0.39, 0.29) is 34.6 Å². The average Bonchev–Trinajstić information content (AvgIpc) is 3.70. The molecule has 46 heavy (non-hydrogen) atoms. The van der Waals surface area contributed by atoms with Gasteiger partial charge in [0.15, 0.2) is 29.0 Å². The topological polar surface area (TPSA) is 157 Å². The number of imidazole rings is 1. The Hall–Kier alpha value is -2.77. The van der Waals surface area contributed by atoms with Crippen molar-refractivity contribution >= 4 is 45.7 Å². The number of ether oxygens (including phenoxy) is 1. The lowest BCUT2D eigenvalue weighted by Crippen LogP contribution is -2.65. The molecule has 0 saturated carbocycles. The molecule has 3 N–H and O–H groups in total. The normalized spacial score (nSPS) is 24.7. The SMILES string of the molecule is CC(C)[Si]1(C(C)C)OC[C@H]2O[C@@H](n3c(-c4cn(-c5ccc(Cl)cc5)nn4)nc4c(N)ncnc43)[C@H](O)[C@@H]2O[Si](C(C)C)(C(C)C)O1. The largest absolute Gasteiger partial charge is 0.414 e. The molecule has 0 bridgehead atoms. The molecule has 0 unspecified atom stereocenters. The van der Waals surface area contributed by atoms with Crippen LogP contribution in [0.3, 0.4) is 0 Å². The molecule has 3 aromatic heterocycles. The number of benzene rings is 1. The average molecular weight is 687 g/mol. The molecule has 2 aliphatic heterocycles. The number of halogens is 1. The van der Waals surface area contributed by atoms with Crippen molar-refractivity contribution in [1.29, 1.82) is 0 Å². The van der Waals surface area contributed by atoms with E-state index in [4.69, 9.17) is 40.0 Å². The van der Waals surface area contributed by atoms with Crippen LogP contribution >= 0.6 is 11.6 Å². The molecule has 0 radical (unpaired) electrons. The van der Waals surface area contributed by atoms with Gasteiger partial charge in [0, 0.05) is 5.02 Å². The first kappa shape index (κ1) is 33.1. The molecule has 2 fully saturated rings. The summed E-state index contributed by atoms with van der Waals surface area (Å²) in [6.45, 7) is 17.5. The predicted molar refractivity (Wildman–Crippen MR) is 179 cm³/mol. The maximum atomic E-state index is 12.1. The fourth-order valence-corrected chi connectivity index (χ4v) is 18.1. The first-order valence-electron chi connectivity index (χ1n) is 15.8. The van der Waals surface area contributed by atoms with Crippen molar-refractivity contribution in [3.63, 3.8) is 0 Å². The first-order chi connectivity index (χ1) is 21.8. The quantitative estimate of drug-likeness (QED) is 0.236. The molecule has 2 saturated heterocycles. The number of hydrogen-bond acceptors (Lipinski definition) is 11. The lowest BCUT2D eigenvalue weighted by Gasteiger charge is -2.51. The highest BCUT2D eigenvalue weighted by Crippen LogP contribution is 2.49. The van der Waals surface area contributed by atoms with Crippen molar-refractivity contribution in [1.82, 2.24) is 34.5 Å². The number of aromatic nitrogens is 7. The van der Waals surface area contributed by atoms with Gasteiger partial charge in [0.05, 0.1) is 18.5 Å². The van der Waals surface area contributed by atoms with Crippen LogP contribution in [-0.4, -0.2) is 81.7 Å². The van der Waals surface area contributed by atoms with E-state index >= 15 is 0 Å². The minimum Gasteiger partial charge on any atom is -0.414 e. The summed E-state index contributed by atoms with van der Waals surface area (Å²) in [6.07, 6.45) is -0.264. The number of aliphatic hydroxyl groups excluding tert-OH is 1. The van der Waals surface area contributed by atoms with E-state index in [1.54, 1.807) is 27.6 Å². The molecule has 0 spiro atoms. The van der Waals surface area contributed by atoms with E-state index in [0.717, 1.165) is 5.69 Å². The number of fused-ring (bicyclic) bond motifs is 2. The third kappa shape index (κ3) is 5.39. The number of nitrogens with zero attached hydrogens (tertiary/aromatic N) is 7. The summed E-state index contributed by atoms with van der Waals surface area (Å²) in [4.78, 5) is 13.5. The van der Waals surface area contributed by atoms with Crippen LogP contribution in [0.2, 0.25) is 27.2 Å². The Morgan fingerprint density at radius 1 is 0.957 bits per heavy atom. The van der Waals surface area contributed by atoms with Crippen molar-refractivity contribution in [3.05, 3.63) is 41.8 Å². The van der Waals surface area contributed by atoms with E-state index in [2.05, 4.69) is 75.7 Å². The van der Waals surface area contributed by atoms with Gasteiger partial charge >= 0.3 is 17.1 Å². The molecule has 1 aromatic carbocycles. The van der Waals surface area contributed by atoms with Crippen LogP contribution in [0.1, 0.15) is 61.6 Å². The zero-order valence-corrected chi connectivity index (χ0v) is 30.2. The Kier molecular flexibility index (Phi) is 8.90. The molecular weight excluding hydrogens is 644 g/mol. The maximum Gasteiger partial charge on any atom is 0.335 e. The van der Waals surface area contributed by atoms with Gasteiger partial charge in [-0.25, -0.2) is 19.6 Å². The highest BCUT2D eigenvalue weighted by atomic mass is 35.5. The Morgan fingerprint density at radius 2 is 1.61 bits per heavy atom. The number of aliphatic hydroxyl groups is 1. The van der Waals surface area contributed by atoms with Gasteiger partial charge in [0.1, 0.15) is 30.3 Å². The van der Waals surface area contributed by atoms with Crippen LogP contribution in [0, 0.1) is 0 Å². The third-order valence-electron chi connectivity index (χ3n) is 9.21. The van der Waals surface area contributed by atoms with Crippen LogP contribution < -0.4 is 5.73 Å². The number of hydrogen-bond donors (Lipinski definition) is 2. The summed E-state index contributed by atoms with van der Waals surface area (Å²) in [5, 5.41) is 21.5. The summed E-state index contributed by atoms with van der Waals surface area (Å²) in [5.41, 5.74) is 8.73. The molecule has 16 heteroatoms. The minimum absolute atomic E-state index is 0.0885. The fraction of sp³-hybridized carbons (Fsp3) is 0.567. The Labute approximate surface area is 275 Å². The molecular formula is C30H43ClN8O5Si2. The van der Waals surface area contributed by atoms with E-state index in [0.29, 0.717) is 27.7 Å². The molecule has 2 aliphatic rings. The minimum atomic E-state index is -3.01. The third-order valence-corrected chi connectivity index (χ3v) is 19.7. The molecule has 5 heterocycles. The lowest BCUT2D eigenvalue weighted by molar-refractivity contribution is -0.0564. The van der Waals surface area contributed by atoms with Gasteiger partial charge in [-0.15, -0.1) is 5.10 Å². The Balaban J connectivity index is 1.46. The Morgan fingerprint density at radius 3 is 2.24 bits per heavy atom. The highest BCUT2D eigenvalue weighted by molar-refractivity contribution is 6.84. The van der Waals surface area contributed by atoms with Crippen LogP contribution in [0.15, 0.2) is 36.8 Å². The maximum absolute atomic E-state index is 12.1. The van der Waals surface area contributed by atoms with Crippen LogP contribution in [0.25, 0.3) is 28.4 Å².